The minimum absolute atomic E-state index is 0.0704. The Morgan fingerprint density at radius 3 is 2.57 bits per heavy atom. The molecule has 0 unspecified atom stereocenters. The van der Waals surface area contributed by atoms with E-state index in [2.05, 4.69) is 17.1 Å². The zero-order valence-electron chi connectivity index (χ0n) is 11.7. The van der Waals surface area contributed by atoms with Gasteiger partial charge in [-0.2, -0.15) is 0 Å². The van der Waals surface area contributed by atoms with Crippen LogP contribution in [0.5, 0.6) is 11.5 Å². The molecule has 0 aromatic heterocycles. The molecule has 1 saturated heterocycles. The Morgan fingerprint density at radius 1 is 1.38 bits per heavy atom. The van der Waals surface area contributed by atoms with Crippen LogP contribution >= 0.6 is 23.2 Å². The Bertz CT molecular complexity index is 525. The number of hydrogen-bond donors (Lipinski definition) is 3. The van der Waals surface area contributed by atoms with Gasteiger partial charge in [0.05, 0.1) is 10.0 Å². The molecule has 1 fully saturated rings. The molecule has 1 aliphatic heterocycles. The quantitative estimate of drug-likeness (QED) is 0.792. The molecule has 1 aromatic carbocycles. The van der Waals surface area contributed by atoms with E-state index >= 15 is 0 Å². The van der Waals surface area contributed by atoms with Crippen LogP contribution in [0.3, 0.4) is 0 Å². The van der Waals surface area contributed by atoms with Gasteiger partial charge in [0.15, 0.2) is 11.5 Å². The van der Waals surface area contributed by atoms with E-state index in [0.29, 0.717) is 6.54 Å². The number of phenolic OH excluding ortho intramolecular Hbond substituents is 2. The summed E-state index contributed by atoms with van der Waals surface area (Å²) in [6, 6.07) is 1.47. The highest BCUT2D eigenvalue weighted by molar-refractivity contribution is 6.37. The van der Waals surface area contributed by atoms with Gasteiger partial charge >= 0.3 is 0 Å². The number of rotatable bonds is 4. The first-order valence-electron chi connectivity index (χ1n) is 6.87. The third kappa shape index (κ3) is 3.36. The fraction of sp³-hybridized carbons (Fsp3) is 0.500. The number of nitrogens with zero attached hydrogens (tertiary/aromatic N) is 1. The van der Waals surface area contributed by atoms with E-state index in [4.69, 9.17) is 23.2 Å². The number of hydrogen-bond acceptors (Lipinski definition) is 4. The van der Waals surface area contributed by atoms with Gasteiger partial charge < -0.3 is 15.5 Å². The number of likely N-dealkylation sites (tertiary alicyclic amines) is 1. The van der Waals surface area contributed by atoms with E-state index in [1.165, 1.54) is 6.07 Å². The van der Waals surface area contributed by atoms with Crippen molar-refractivity contribution < 1.29 is 15.0 Å². The third-order valence-electron chi connectivity index (χ3n) is 3.81. The van der Waals surface area contributed by atoms with Gasteiger partial charge in [0, 0.05) is 12.6 Å². The van der Waals surface area contributed by atoms with E-state index in [0.717, 1.165) is 25.9 Å². The number of nitrogens with one attached hydrogen (secondary N) is 1. The van der Waals surface area contributed by atoms with Crippen LogP contribution in [-0.4, -0.2) is 46.7 Å². The zero-order valence-corrected chi connectivity index (χ0v) is 13.2. The lowest BCUT2D eigenvalue weighted by Crippen LogP contribution is -2.40. The zero-order chi connectivity index (χ0) is 15.6. The molecule has 1 heterocycles. The van der Waals surface area contributed by atoms with Gasteiger partial charge in [-0.1, -0.05) is 30.1 Å². The van der Waals surface area contributed by atoms with Crippen molar-refractivity contribution in [2.24, 2.45) is 0 Å². The molecule has 7 heteroatoms. The Hall–Kier alpha value is -1.17. The van der Waals surface area contributed by atoms with Crippen LogP contribution in [0, 0.1) is 0 Å². The van der Waals surface area contributed by atoms with Crippen LogP contribution < -0.4 is 5.32 Å². The van der Waals surface area contributed by atoms with Crippen LogP contribution in [0.25, 0.3) is 0 Å². The molecule has 2 rings (SSSR count). The molecule has 1 atom stereocenters. The number of aromatic hydroxyl groups is 2. The lowest BCUT2D eigenvalue weighted by Gasteiger charge is -2.23. The number of benzene rings is 1. The monoisotopic (exact) mass is 332 g/mol. The lowest BCUT2D eigenvalue weighted by molar-refractivity contribution is 0.0936. The molecule has 1 amide bonds. The number of amides is 1. The summed E-state index contributed by atoms with van der Waals surface area (Å²) in [4.78, 5) is 14.5. The van der Waals surface area contributed by atoms with Crippen LogP contribution in [0.15, 0.2) is 6.07 Å². The average Bonchev–Trinajstić information content (AvgIpc) is 2.90. The molecule has 0 saturated carbocycles. The Kier molecular flexibility index (Phi) is 5.19. The number of likely N-dealkylation sites (N-methyl/N-ethyl adjacent to an activating group) is 1. The van der Waals surface area contributed by atoms with Crippen molar-refractivity contribution >= 4 is 29.1 Å². The summed E-state index contributed by atoms with van der Waals surface area (Å²) in [5, 5.41) is 22.3. The Morgan fingerprint density at radius 2 is 2.00 bits per heavy atom. The molecule has 116 valence electrons. The molecule has 5 nitrogen and oxygen atoms in total. The second kappa shape index (κ2) is 6.73. The van der Waals surface area contributed by atoms with Crippen molar-refractivity contribution in [2.75, 3.05) is 19.6 Å². The number of carbonyl (C=O) groups is 1. The van der Waals surface area contributed by atoms with Crippen molar-refractivity contribution in [1.29, 1.82) is 0 Å². The van der Waals surface area contributed by atoms with Gasteiger partial charge in [-0.05, 0) is 32.0 Å². The van der Waals surface area contributed by atoms with Crippen molar-refractivity contribution in [1.82, 2.24) is 10.2 Å². The van der Waals surface area contributed by atoms with Gasteiger partial charge in [0.25, 0.3) is 5.91 Å². The van der Waals surface area contributed by atoms with Crippen LogP contribution in [-0.2, 0) is 0 Å². The van der Waals surface area contributed by atoms with Crippen molar-refractivity contribution in [2.45, 2.75) is 25.8 Å². The predicted molar refractivity (Wildman–Crippen MR) is 82.4 cm³/mol. The molecule has 1 aromatic rings. The lowest BCUT2D eigenvalue weighted by atomic mass is 10.1. The van der Waals surface area contributed by atoms with Gasteiger partial charge in [-0.3, -0.25) is 9.69 Å². The van der Waals surface area contributed by atoms with E-state index in [9.17, 15) is 15.0 Å². The number of carbonyl (C=O) groups excluding carboxylic acids is 1. The number of phenols is 2. The molecule has 3 N–H and O–H groups in total. The van der Waals surface area contributed by atoms with E-state index < -0.39 is 17.4 Å². The van der Waals surface area contributed by atoms with Crippen molar-refractivity contribution in [3.8, 4) is 11.5 Å². The summed E-state index contributed by atoms with van der Waals surface area (Å²) < 4.78 is 0. The first-order chi connectivity index (χ1) is 9.95. The third-order valence-corrected chi connectivity index (χ3v) is 4.39. The Labute approximate surface area is 133 Å². The molecular formula is C14H18Cl2N2O3. The molecule has 0 bridgehead atoms. The summed E-state index contributed by atoms with van der Waals surface area (Å²) in [5.41, 5.74) is -0.284. The maximum atomic E-state index is 12.2. The maximum Gasteiger partial charge on any atom is 0.259 e. The van der Waals surface area contributed by atoms with E-state index in [-0.39, 0.29) is 21.7 Å². The fourth-order valence-electron chi connectivity index (χ4n) is 2.66. The summed E-state index contributed by atoms with van der Waals surface area (Å²) >= 11 is 11.5. The predicted octanol–water partition coefficient (Wildman–Crippen LogP) is 2.62. The second-order valence-corrected chi connectivity index (χ2v) is 5.86. The standard InChI is InChI=1S/C14H18Cl2N2O3/c1-2-18-5-3-4-8(18)7-17-14(21)11-12(19)9(15)6-10(16)13(11)20/h6,8,19-20H,2-5,7H2,1H3,(H,17,21)/t8-/m1/s1. The molecule has 21 heavy (non-hydrogen) atoms. The number of halogens is 2. The minimum Gasteiger partial charge on any atom is -0.505 e. The van der Waals surface area contributed by atoms with Gasteiger partial charge in [-0.15, -0.1) is 0 Å². The van der Waals surface area contributed by atoms with Crippen LogP contribution in [0.4, 0.5) is 0 Å². The first-order valence-corrected chi connectivity index (χ1v) is 7.63. The molecule has 0 spiro atoms. The topological polar surface area (TPSA) is 72.8 Å². The molecule has 1 aliphatic rings. The van der Waals surface area contributed by atoms with Crippen molar-refractivity contribution in [3.05, 3.63) is 21.7 Å². The Balaban J connectivity index is 2.11. The van der Waals surface area contributed by atoms with Gasteiger partial charge in [-0.25, -0.2) is 0 Å². The normalized spacial score (nSPS) is 18.9. The minimum atomic E-state index is -0.586. The van der Waals surface area contributed by atoms with Gasteiger partial charge in [0.2, 0.25) is 0 Å². The van der Waals surface area contributed by atoms with E-state index in [1.54, 1.807) is 0 Å². The first kappa shape index (κ1) is 16.2. The molecule has 0 radical (unpaired) electrons. The van der Waals surface area contributed by atoms with Crippen molar-refractivity contribution in [3.63, 3.8) is 0 Å². The maximum absolute atomic E-state index is 12.2. The molecule has 0 aliphatic carbocycles. The summed E-state index contributed by atoms with van der Waals surface area (Å²) in [6.07, 6.45) is 2.12. The van der Waals surface area contributed by atoms with Crippen LogP contribution in [0.1, 0.15) is 30.1 Å². The average molecular weight is 333 g/mol. The van der Waals surface area contributed by atoms with E-state index in [1.807, 2.05) is 0 Å². The molecular weight excluding hydrogens is 315 g/mol. The fourth-order valence-corrected chi connectivity index (χ4v) is 3.12. The summed E-state index contributed by atoms with van der Waals surface area (Å²) in [5.74, 6) is -1.51. The second-order valence-electron chi connectivity index (χ2n) is 5.05. The largest absolute Gasteiger partial charge is 0.505 e. The summed E-state index contributed by atoms with van der Waals surface area (Å²) in [6.45, 7) is 4.49. The highest BCUT2D eigenvalue weighted by Crippen LogP contribution is 2.39. The van der Waals surface area contributed by atoms with Gasteiger partial charge in [0.1, 0.15) is 5.56 Å². The highest BCUT2D eigenvalue weighted by atomic mass is 35.5. The SMILES string of the molecule is CCN1CCC[C@@H]1CNC(=O)c1c(O)c(Cl)cc(Cl)c1O. The van der Waals surface area contributed by atoms with Crippen LogP contribution in [0.2, 0.25) is 10.0 Å². The summed E-state index contributed by atoms with van der Waals surface area (Å²) in [7, 11) is 0. The smallest absolute Gasteiger partial charge is 0.259 e. The highest BCUT2D eigenvalue weighted by Gasteiger charge is 2.26.